The van der Waals surface area contributed by atoms with Gasteiger partial charge in [0.2, 0.25) is 11.8 Å². The molecule has 0 saturated carbocycles. The predicted molar refractivity (Wildman–Crippen MR) is 67.0 cm³/mol. The van der Waals surface area contributed by atoms with Crippen LogP contribution < -0.4 is 5.32 Å². The number of hydrogen-bond acceptors (Lipinski definition) is 3. The van der Waals surface area contributed by atoms with Crippen molar-refractivity contribution >= 4 is 17.8 Å². The van der Waals surface area contributed by atoms with Crippen molar-refractivity contribution in [2.24, 2.45) is 5.92 Å². The Labute approximate surface area is 107 Å². The predicted octanol–water partition coefficient (Wildman–Crippen LogP) is 0.472. The molecule has 0 aromatic carbocycles. The molecule has 18 heavy (non-hydrogen) atoms. The summed E-state index contributed by atoms with van der Waals surface area (Å²) in [6.07, 6.45) is 0.880. The van der Waals surface area contributed by atoms with Crippen LogP contribution in [0, 0.1) is 5.92 Å². The minimum atomic E-state index is -0.913. The molecule has 2 N–H and O–H groups in total. The number of nitrogens with zero attached hydrogens (tertiary/aromatic N) is 1. The zero-order valence-corrected chi connectivity index (χ0v) is 11.2. The third kappa shape index (κ3) is 6.88. The van der Waals surface area contributed by atoms with Crippen LogP contribution in [0.25, 0.3) is 0 Å². The zero-order chi connectivity index (χ0) is 14.1. The summed E-state index contributed by atoms with van der Waals surface area (Å²) in [6.45, 7) is 4.18. The van der Waals surface area contributed by atoms with E-state index in [1.54, 1.807) is 6.92 Å². The largest absolute Gasteiger partial charge is 0.481 e. The van der Waals surface area contributed by atoms with E-state index in [4.69, 9.17) is 5.11 Å². The average molecular weight is 258 g/mol. The van der Waals surface area contributed by atoms with Gasteiger partial charge in [-0.25, -0.2) is 0 Å². The van der Waals surface area contributed by atoms with E-state index in [1.807, 2.05) is 6.92 Å². The fourth-order valence-electron chi connectivity index (χ4n) is 1.61. The Morgan fingerprint density at radius 3 is 2.33 bits per heavy atom. The maximum Gasteiger partial charge on any atom is 0.303 e. The smallest absolute Gasteiger partial charge is 0.303 e. The van der Waals surface area contributed by atoms with Gasteiger partial charge in [0.15, 0.2) is 0 Å². The van der Waals surface area contributed by atoms with E-state index in [0.29, 0.717) is 6.54 Å². The molecule has 0 aromatic rings. The quantitative estimate of drug-likeness (QED) is 0.662. The molecule has 0 rings (SSSR count). The average Bonchev–Trinajstić information content (AvgIpc) is 2.26. The summed E-state index contributed by atoms with van der Waals surface area (Å²) >= 11 is 0. The maximum atomic E-state index is 11.9. The Morgan fingerprint density at radius 2 is 1.89 bits per heavy atom. The second-order valence-corrected chi connectivity index (χ2v) is 4.40. The van der Waals surface area contributed by atoms with Gasteiger partial charge >= 0.3 is 5.97 Å². The van der Waals surface area contributed by atoms with Crippen LogP contribution >= 0.6 is 0 Å². The Morgan fingerprint density at radius 1 is 1.28 bits per heavy atom. The molecule has 6 nitrogen and oxygen atoms in total. The standard InChI is InChI=1S/C12H22N2O4/c1-4-5-14(8-10(15)13-3)11(16)6-9(2)7-12(17)18/h9H,4-8H2,1-3H3,(H,13,15)(H,17,18). The second-order valence-electron chi connectivity index (χ2n) is 4.40. The highest BCUT2D eigenvalue weighted by atomic mass is 16.4. The number of likely N-dealkylation sites (N-methyl/N-ethyl adjacent to an activating group) is 1. The number of carbonyl (C=O) groups excluding carboxylic acids is 2. The topological polar surface area (TPSA) is 86.7 Å². The zero-order valence-electron chi connectivity index (χ0n) is 11.2. The summed E-state index contributed by atoms with van der Waals surface area (Å²) in [5.41, 5.74) is 0. The fraction of sp³-hybridized carbons (Fsp3) is 0.750. The van der Waals surface area contributed by atoms with E-state index in [1.165, 1.54) is 11.9 Å². The first kappa shape index (κ1) is 16.4. The molecule has 1 atom stereocenters. The van der Waals surface area contributed by atoms with Crippen molar-refractivity contribution < 1.29 is 19.5 Å². The van der Waals surface area contributed by atoms with E-state index in [2.05, 4.69) is 5.32 Å². The van der Waals surface area contributed by atoms with Gasteiger partial charge in [-0.15, -0.1) is 0 Å². The number of carbonyl (C=O) groups is 3. The minimum absolute atomic E-state index is 0.0307. The van der Waals surface area contributed by atoms with E-state index in [9.17, 15) is 14.4 Å². The van der Waals surface area contributed by atoms with Crippen LogP contribution in [0.2, 0.25) is 0 Å². The van der Waals surface area contributed by atoms with Crippen LogP contribution in [0.4, 0.5) is 0 Å². The van der Waals surface area contributed by atoms with Crippen LogP contribution in [0.15, 0.2) is 0 Å². The molecular weight excluding hydrogens is 236 g/mol. The van der Waals surface area contributed by atoms with E-state index >= 15 is 0 Å². The molecule has 1 unspecified atom stereocenters. The lowest BCUT2D eigenvalue weighted by Gasteiger charge is -2.22. The summed E-state index contributed by atoms with van der Waals surface area (Å²) in [5.74, 6) is -1.53. The molecule has 0 aliphatic carbocycles. The van der Waals surface area contributed by atoms with Crippen LogP contribution in [-0.2, 0) is 14.4 Å². The lowest BCUT2D eigenvalue weighted by Crippen LogP contribution is -2.40. The highest BCUT2D eigenvalue weighted by Crippen LogP contribution is 2.10. The van der Waals surface area contributed by atoms with E-state index in [-0.39, 0.29) is 37.1 Å². The lowest BCUT2D eigenvalue weighted by atomic mass is 10.0. The molecule has 0 radical (unpaired) electrons. The van der Waals surface area contributed by atoms with Gasteiger partial charge in [0, 0.05) is 26.4 Å². The van der Waals surface area contributed by atoms with Crippen molar-refractivity contribution in [3.8, 4) is 0 Å². The Balaban J connectivity index is 4.37. The number of hydrogen-bond donors (Lipinski definition) is 2. The van der Waals surface area contributed by atoms with Gasteiger partial charge in [0.05, 0.1) is 6.54 Å². The number of carboxylic acid groups (broad SMARTS) is 1. The molecule has 0 spiro atoms. The van der Waals surface area contributed by atoms with Crippen LogP contribution in [0.5, 0.6) is 0 Å². The summed E-state index contributed by atoms with van der Waals surface area (Å²) in [7, 11) is 1.52. The Hall–Kier alpha value is -1.59. The van der Waals surface area contributed by atoms with E-state index < -0.39 is 5.97 Å². The molecule has 0 aliphatic rings. The molecule has 0 bridgehead atoms. The SMILES string of the molecule is CCCN(CC(=O)NC)C(=O)CC(C)CC(=O)O. The molecule has 2 amide bonds. The Kier molecular flexibility index (Phi) is 7.74. The molecule has 0 fully saturated rings. The first-order valence-electron chi connectivity index (χ1n) is 6.10. The maximum absolute atomic E-state index is 11.9. The van der Waals surface area contributed by atoms with Crippen molar-refractivity contribution in [1.29, 1.82) is 0 Å². The second kappa shape index (κ2) is 8.49. The van der Waals surface area contributed by atoms with Crippen molar-refractivity contribution in [2.75, 3.05) is 20.1 Å². The van der Waals surface area contributed by atoms with Gasteiger partial charge in [0.25, 0.3) is 0 Å². The number of amides is 2. The van der Waals surface area contributed by atoms with Crippen LogP contribution in [0.3, 0.4) is 0 Å². The highest BCUT2D eigenvalue weighted by molar-refractivity contribution is 5.84. The van der Waals surface area contributed by atoms with Gasteiger partial charge in [-0.05, 0) is 12.3 Å². The summed E-state index contributed by atoms with van der Waals surface area (Å²) in [6, 6.07) is 0. The normalized spacial score (nSPS) is 11.7. The first-order valence-corrected chi connectivity index (χ1v) is 6.10. The lowest BCUT2D eigenvalue weighted by molar-refractivity contribution is -0.139. The minimum Gasteiger partial charge on any atom is -0.481 e. The number of rotatable bonds is 8. The third-order valence-corrected chi connectivity index (χ3v) is 2.51. The van der Waals surface area contributed by atoms with Gasteiger partial charge in [-0.2, -0.15) is 0 Å². The van der Waals surface area contributed by atoms with Gasteiger partial charge in [-0.1, -0.05) is 13.8 Å². The van der Waals surface area contributed by atoms with Crippen LogP contribution in [0.1, 0.15) is 33.1 Å². The van der Waals surface area contributed by atoms with Gasteiger partial charge in [-0.3, -0.25) is 14.4 Å². The van der Waals surface area contributed by atoms with Crippen molar-refractivity contribution in [1.82, 2.24) is 10.2 Å². The number of carboxylic acids is 1. The van der Waals surface area contributed by atoms with E-state index in [0.717, 1.165) is 6.42 Å². The van der Waals surface area contributed by atoms with Crippen LogP contribution in [-0.4, -0.2) is 47.9 Å². The first-order chi connectivity index (χ1) is 8.40. The summed E-state index contributed by atoms with van der Waals surface area (Å²) < 4.78 is 0. The molecule has 104 valence electrons. The monoisotopic (exact) mass is 258 g/mol. The molecular formula is C12H22N2O4. The number of aliphatic carboxylic acids is 1. The molecule has 0 aliphatic heterocycles. The fourth-order valence-corrected chi connectivity index (χ4v) is 1.61. The number of nitrogens with one attached hydrogen (secondary N) is 1. The molecule has 6 heteroatoms. The summed E-state index contributed by atoms with van der Waals surface area (Å²) in [4.78, 5) is 35.2. The van der Waals surface area contributed by atoms with Crippen molar-refractivity contribution in [3.63, 3.8) is 0 Å². The van der Waals surface area contributed by atoms with Gasteiger partial charge < -0.3 is 15.3 Å². The molecule has 0 aromatic heterocycles. The van der Waals surface area contributed by atoms with Crippen molar-refractivity contribution in [3.05, 3.63) is 0 Å². The van der Waals surface area contributed by atoms with Gasteiger partial charge in [0.1, 0.15) is 0 Å². The Bertz CT molecular complexity index is 304. The van der Waals surface area contributed by atoms with Crippen molar-refractivity contribution in [2.45, 2.75) is 33.1 Å². The molecule has 0 heterocycles. The third-order valence-electron chi connectivity index (χ3n) is 2.51. The molecule has 0 saturated heterocycles. The highest BCUT2D eigenvalue weighted by Gasteiger charge is 2.19. The summed E-state index contributed by atoms with van der Waals surface area (Å²) in [5, 5.41) is 11.1.